The van der Waals surface area contributed by atoms with Crippen molar-refractivity contribution in [2.75, 3.05) is 18.0 Å². The highest BCUT2D eigenvalue weighted by molar-refractivity contribution is 6.29. The maximum atomic E-state index is 8.88. The molecule has 3 nitrogen and oxygen atoms in total. The molecule has 0 atom stereocenters. The molecule has 0 radical (unpaired) electrons. The molecule has 84 valence electrons. The Morgan fingerprint density at radius 2 is 2.25 bits per heavy atom. The van der Waals surface area contributed by atoms with Gasteiger partial charge in [-0.2, -0.15) is 5.26 Å². The van der Waals surface area contributed by atoms with E-state index in [0.717, 1.165) is 25.3 Å². The first-order valence-electron chi connectivity index (χ1n) is 5.33. The predicted octanol–water partition coefficient (Wildman–Crippen LogP) is 2.84. The molecule has 1 aliphatic rings. The average Bonchev–Trinajstić information content (AvgIpc) is 2.58. The van der Waals surface area contributed by atoms with Gasteiger partial charge in [-0.1, -0.05) is 25.4 Å². The van der Waals surface area contributed by atoms with Crippen LogP contribution in [0.3, 0.4) is 0 Å². The molecule has 4 heteroatoms. The monoisotopic (exact) mass is 235 g/mol. The largest absolute Gasteiger partial charge is 0.356 e. The van der Waals surface area contributed by atoms with Crippen LogP contribution in [0, 0.1) is 16.7 Å². The number of halogens is 1. The Bertz CT molecular complexity index is 448. The molecule has 1 aromatic heterocycles. The van der Waals surface area contributed by atoms with Crippen LogP contribution < -0.4 is 4.90 Å². The molecule has 0 N–H and O–H groups in total. The van der Waals surface area contributed by atoms with E-state index in [2.05, 4.69) is 29.8 Å². The summed E-state index contributed by atoms with van der Waals surface area (Å²) in [5.74, 6) is 0.814. The fraction of sp³-hybridized carbons (Fsp3) is 0.500. The summed E-state index contributed by atoms with van der Waals surface area (Å²) >= 11 is 5.89. The molecule has 2 rings (SSSR count). The fourth-order valence-corrected chi connectivity index (χ4v) is 2.22. The van der Waals surface area contributed by atoms with Crippen molar-refractivity contribution < 1.29 is 0 Å². The van der Waals surface area contributed by atoms with Crippen LogP contribution in [0.25, 0.3) is 0 Å². The van der Waals surface area contributed by atoms with E-state index < -0.39 is 0 Å². The molecule has 2 heterocycles. The van der Waals surface area contributed by atoms with E-state index >= 15 is 0 Å². The number of rotatable bonds is 1. The van der Waals surface area contributed by atoms with Gasteiger partial charge in [-0.05, 0) is 24.0 Å². The molecule has 0 spiro atoms. The van der Waals surface area contributed by atoms with Crippen molar-refractivity contribution >= 4 is 17.4 Å². The van der Waals surface area contributed by atoms with Gasteiger partial charge in [0.05, 0.1) is 11.6 Å². The van der Waals surface area contributed by atoms with Gasteiger partial charge in [0.2, 0.25) is 0 Å². The van der Waals surface area contributed by atoms with Crippen molar-refractivity contribution in [2.45, 2.75) is 20.3 Å². The van der Waals surface area contributed by atoms with Crippen LogP contribution in [0.2, 0.25) is 5.15 Å². The zero-order chi connectivity index (χ0) is 11.8. The standard InChI is InChI=1S/C12H14ClN3/c1-12(2)3-4-16(8-12)11-6-9(7-14)5-10(13)15-11/h5-6H,3-4,8H2,1-2H3. The third kappa shape index (κ3) is 2.28. The summed E-state index contributed by atoms with van der Waals surface area (Å²) in [7, 11) is 0. The number of hydrogen-bond donors (Lipinski definition) is 0. The van der Waals surface area contributed by atoms with Crippen molar-refractivity contribution in [3.8, 4) is 6.07 Å². The smallest absolute Gasteiger partial charge is 0.132 e. The lowest BCUT2D eigenvalue weighted by Gasteiger charge is -2.20. The summed E-state index contributed by atoms with van der Waals surface area (Å²) in [5.41, 5.74) is 0.885. The molecule has 1 fully saturated rings. The highest BCUT2D eigenvalue weighted by atomic mass is 35.5. The van der Waals surface area contributed by atoms with E-state index in [1.54, 1.807) is 12.1 Å². The van der Waals surface area contributed by atoms with Crippen molar-refractivity contribution in [3.05, 3.63) is 22.8 Å². The summed E-state index contributed by atoms with van der Waals surface area (Å²) in [6, 6.07) is 5.49. The molecule has 1 saturated heterocycles. The van der Waals surface area contributed by atoms with Gasteiger partial charge in [-0.3, -0.25) is 0 Å². The zero-order valence-corrected chi connectivity index (χ0v) is 10.3. The van der Waals surface area contributed by atoms with Crippen LogP contribution in [-0.4, -0.2) is 18.1 Å². The fourth-order valence-electron chi connectivity index (χ4n) is 2.02. The Morgan fingerprint density at radius 1 is 1.50 bits per heavy atom. The number of hydrogen-bond acceptors (Lipinski definition) is 3. The quantitative estimate of drug-likeness (QED) is 0.703. The van der Waals surface area contributed by atoms with Gasteiger partial charge in [0, 0.05) is 13.1 Å². The molecule has 0 saturated carbocycles. The van der Waals surface area contributed by atoms with Gasteiger partial charge in [0.1, 0.15) is 11.0 Å². The minimum absolute atomic E-state index is 0.316. The predicted molar refractivity (Wildman–Crippen MR) is 64.6 cm³/mol. The normalized spacial score (nSPS) is 18.5. The lowest BCUT2D eigenvalue weighted by molar-refractivity contribution is 0.418. The minimum atomic E-state index is 0.316. The molecule has 0 amide bonds. The number of nitrogens with zero attached hydrogens (tertiary/aromatic N) is 3. The Kier molecular flexibility index (Phi) is 2.77. The van der Waals surface area contributed by atoms with Gasteiger partial charge < -0.3 is 4.90 Å². The molecular weight excluding hydrogens is 222 g/mol. The average molecular weight is 236 g/mol. The SMILES string of the molecule is CC1(C)CCN(c2cc(C#N)cc(Cl)n2)C1. The Balaban J connectivity index is 2.29. The minimum Gasteiger partial charge on any atom is -0.356 e. The van der Waals surface area contributed by atoms with E-state index in [9.17, 15) is 0 Å². The summed E-state index contributed by atoms with van der Waals surface area (Å²) in [4.78, 5) is 6.46. The third-order valence-corrected chi connectivity index (χ3v) is 3.10. The maximum Gasteiger partial charge on any atom is 0.132 e. The molecule has 0 unspecified atom stereocenters. The topological polar surface area (TPSA) is 39.9 Å². The van der Waals surface area contributed by atoms with Gasteiger partial charge in [0.25, 0.3) is 0 Å². The zero-order valence-electron chi connectivity index (χ0n) is 9.50. The van der Waals surface area contributed by atoms with Crippen molar-refractivity contribution in [2.24, 2.45) is 5.41 Å². The maximum absolute atomic E-state index is 8.88. The van der Waals surface area contributed by atoms with Gasteiger partial charge in [-0.25, -0.2) is 4.98 Å². The second kappa shape index (κ2) is 3.95. The van der Waals surface area contributed by atoms with E-state index in [-0.39, 0.29) is 0 Å². The van der Waals surface area contributed by atoms with Crippen LogP contribution in [0.4, 0.5) is 5.82 Å². The summed E-state index contributed by atoms with van der Waals surface area (Å²) in [6.07, 6.45) is 1.14. The highest BCUT2D eigenvalue weighted by Crippen LogP contribution is 2.32. The Hall–Kier alpha value is -1.27. The molecule has 1 aliphatic heterocycles. The van der Waals surface area contributed by atoms with Crippen LogP contribution in [0.15, 0.2) is 12.1 Å². The first kappa shape index (κ1) is 11.2. The molecule has 0 aliphatic carbocycles. The molecular formula is C12H14ClN3. The van der Waals surface area contributed by atoms with Crippen molar-refractivity contribution in [1.82, 2.24) is 4.98 Å². The van der Waals surface area contributed by atoms with Crippen LogP contribution in [0.1, 0.15) is 25.8 Å². The second-order valence-electron chi connectivity index (χ2n) is 4.98. The van der Waals surface area contributed by atoms with Crippen LogP contribution in [0.5, 0.6) is 0 Å². The first-order valence-corrected chi connectivity index (χ1v) is 5.71. The van der Waals surface area contributed by atoms with Gasteiger partial charge in [0.15, 0.2) is 0 Å². The van der Waals surface area contributed by atoms with E-state index in [1.807, 2.05) is 0 Å². The van der Waals surface area contributed by atoms with E-state index in [4.69, 9.17) is 16.9 Å². The van der Waals surface area contributed by atoms with E-state index in [0.29, 0.717) is 16.1 Å². The highest BCUT2D eigenvalue weighted by Gasteiger charge is 2.30. The number of nitriles is 1. The summed E-state index contributed by atoms with van der Waals surface area (Å²) in [6.45, 7) is 6.42. The van der Waals surface area contributed by atoms with Gasteiger partial charge in [-0.15, -0.1) is 0 Å². The lowest BCUT2D eigenvalue weighted by Crippen LogP contribution is -2.23. The van der Waals surface area contributed by atoms with Crippen molar-refractivity contribution in [1.29, 1.82) is 5.26 Å². The third-order valence-electron chi connectivity index (χ3n) is 2.91. The Labute approximate surface area is 101 Å². The summed E-state index contributed by atoms with van der Waals surface area (Å²) in [5, 5.41) is 9.26. The van der Waals surface area contributed by atoms with Crippen LogP contribution >= 0.6 is 11.6 Å². The molecule has 16 heavy (non-hydrogen) atoms. The number of anilines is 1. The van der Waals surface area contributed by atoms with Crippen molar-refractivity contribution in [3.63, 3.8) is 0 Å². The lowest BCUT2D eigenvalue weighted by atomic mass is 9.93. The first-order chi connectivity index (χ1) is 7.50. The second-order valence-corrected chi connectivity index (χ2v) is 5.37. The summed E-state index contributed by atoms with van der Waals surface area (Å²) < 4.78 is 0. The Morgan fingerprint density at radius 3 is 2.81 bits per heavy atom. The number of aromatic nitrogens is 1. The molecule has 1 aromatic rings. The van der Waals surface area contributed by atoms with E-state index in [1.165, 1.54) is 0 Å². The molecule has 0 bridgehead atoms. The van der Waals surface area contributed by atoms with Crippen LogP contribution in [-0.2, 0) is 0 Å². The van der Waals surface area contributed by atoms with Gasteiger partial charge >= 0.3 is 0 Å². The molecule has 0 aromatic carbocycles. The number of pyridine rings is 1.